The first-order valence-electron chi connectivity index (χ1n) is 4.86. The fourth-order valence-electron chi connectivity index (χ4n) is 1.30. The Bertz CT molecular complexity index is 373. The van der Waals surface area contributed by atoms with Crippen molar-refractivity contribution in [3.8, 4) is 0 Å². The van der Waals surface area contributed by atoms with Crippen LogP contribution in [0.15, 0.2) is 18.3 Å². The molecule has 0 spiro atoms. The summed E-state index contributed by atoms with van der Waals surface area (Å²) in [6.07, 6.45) is -5.94. The molecule has 0 aromatic carbocycles. The van der Waals surface area contributed by atoms with Crippen molar-refractivity contribution in [3.05, 3.63) is 29.6 Å². The third-order valence-corrected chi connectivity index (χ3v) is 2.46. The molecule has 0 radical (unpaired) electrons. The van der Waals surface area contributed by atoms with Gasteiger partial charge in [-0.25, -0.2) is 0 Å². The molecule has 17 heavy (non-hydrogen) atoms. The van der Waals surface area contributed by atoms with E-state index in [1.54, 1.807) is 0 Å². The van der Waals surface area contributed by atoms with Crippen LogP contribution in [0.3, 0.4) is 0 Å². The first-order chi connectivity index (χ1) is 7.86. The van der Waals surface area contributed by atoms with Crippen LogP contribution in [0.2, 0.25) is 0 Å². The highest BCUT2D eigenvalue weighted by molar-refractivity contribution is 7.80. The summed E-state index contributed by atoms with van der Waals surface area (Å²) in [7, 11) is 0. The van der Waals surface area contributed by atoms with Crippen LogP contribution in [0.1, 0.15) is 23.8 Å². The molecule has 2 atom stereocenters. The maximum absolute atomic E-state index is 12.4. The lowest BCUT2D eigenvalue weighted by molar-refractivity contribution is -0.141. The van der Waals surface area contributed by atoms with Crippen molar-refractivity contribution in [2.45, 2.75) is 24.8 Å². The van der Waals surface area contributed by atoms with Gasteiger partial charge in [0, 0.05) is 6.20 Å². The molecule has 0 aliphatic carbocycles. The van der Waals surface area contributed by atoms with Crippen LogP contribution in [0.5, 0.6) is 0 Å². The van der Waals surface area contributed by atoms with Crippen LogP contribution in [-0.2, 0) is 6.18 Å². The third kappa shape index (κ3) is 3.86. The number of halogens is 3. The largest absolute Gasteiger partial charge is 0.433 e. The molecular formula is C10H12F3NO2S. The van der Waals surface area contributed by atoms with Gasteiger partial charge in [0.15, 0.2) is 0 Å². The average molecular weight is 267 g/mol. The van der Waals surface area contributed by atoms with E-state index in [-0.39, 0.29) is 12.0 Å². The fraction of sp³-hybridized carbons (Fsp3) is 0.500. The fourth-order valence-corrected chi connectivity index (χ4v) is 1.56. The molecule has 0 fully saturated rings. The Hall–Kier alpha value is -0.790. The second kappa shape index (κ2) is 5.70. The Morgan fingerprint density at radius 3 is 2.53 bits per heavy atom. The molecule has 1 aromatic heterocycles. The van der Waals surface area contributed by atoms with Crippen molar-refractivity contribution in [3.63, 3.8) is 0 Å². The monoisotopic (exact) mass is 267 g/mol. The number of alkyl halides is 3. The van der Waals surface area contributed by atoms with Gasteiger partial charge in [-0.2, -0.15) is 25.8 Å². The van der Waals surface area contributed by atoms with Gasteiger partial charge in [0.1, 0.15) is 11.8 Å². The van der Waals surface area contributed by atoms with E-state index < -0.39 is 24.1 Å². The van der Waals surface area contributed by atoms with Gasteiger partial charge in [-0.3, -0.25) is 4.98 Å². The van der Waals surface area contributed by atoms with E-state index in [0.717, 1.165) is 12.3 Å². The topological polar surface area (TPSA) is 53.4 Å². The molecule has 0 aliphatic heterocycles. The number of aliphatic hydroxyl groups excluding tert-OH is 2. The van der Waals surface area contributed by atoms with Gasteiger partial charge in [0.25, 0.3) is 0 Å². The van der Waals surface area contributed by atoms with Gasteiger partial charge < -0.3 is 10.2 Å². The van der Waals surface area contributed by atoms with E-state index >= 15 is 0 Å². The molecule has 0 amide bonds. The summed E-state index contributed by atoms with van der Waals surface area (Å²) in [4.78, 5) is 3.17. The number of hydrogen-bond acceptors (Lipinski definition) is 4. The molecule has 0 saturated heterocycles. The molecule has 1 heterocycles. The number of rotatable bonds is 4. The van der Waals surface area contributed by atoms with E-state index in [4.69, 9.17) is 0 Å². The van der Waals surface area contributed by atoms with E-state index in [0.29, 0.717) is 5.75 Å². The maximum Gasteiger partial charge on any atom is 0.433 e. The lowest BCUT2D eigenvalue weighted by atomic mass is 10.0. The average Bonchev–Trinajstić information content (AvgIpc) is 2.27. The molecule has 0 aliphatic rings. The van der Waals surface area contributed by atoms with Crippen LogP contribution in [0.25, 0.3) is 0 Å². The molecule has 2 N–H and O–H groups in total. The summed E-state index contributed by atoms with van der Waals surface area (Å²) in [5.41, 5.74) is -1.10. The van der Waals surface area contributed by atoms with Crippen molar-refractivity contribution in [1.82, 2.24) is 4.98 Å². The van der Waals surface area contributed by atoms with Gasteiger partial charge in [-0.05, 0) is 29.9 Å². The highest BCUT2D eigenvalue weighted by Crippen LogP contribution is 2.29. The zero-order chi connectivity index (χ0) is 13.1. The molecule has 0 saturated carbocycles. The number of nitrogens with zero attached hydrogens (tertiary/aromatic N) is 1. The summed E-state index contributed by atoms with van der Waals surface area (Å²) in [6.45, 7) is 0. The van der Waals surface area contributed by atoms with Crippen molar-refractivity contribution in [1.29, 1.82) is 0 Å². The van der Waals surface area contributed by atoms with Gasteiger partial charge >= 0.3 is 6.18 Å². The summed E-state index contributed by atoms with van der Waals surface area (Å²) in [5, 5.41) is 19.1. The predicted molar refractivity (Wildman–Crippen MR) is 58.7 cm³/mol. The van der Waals surface area contributed by atoms with E-state index in [1.165, 1.54) is 6.07 Å². The molecule has 1 rings (SSSR count). The SMILES string of the molecule is OC(CCS)C(O)c1ccnc(C(F)(F)F)c1. The normalized spacial score (nSPS) is 15.6. The molecule has 0 bridgehead atoms. The Labute approximate surface area is 102 Å². The Balaban J connectivity index is 2.92. The molecule has 3 nitrogen and oxygen atoms in total. The number of aliphatic hydroxyl groups is 2. The van der Waals surface area contributed by atoms with E-state index in [9.17, 15) is 23.4 Å². The number of hydrogen-bond donors (Lipinski definition) is 3. The van der Waals surface area contributed by atoms with Gasteiger partial charge in [-0.15, -0.1) is 0 Å². The van der Waals surface area contributed by atoms with E-state index in [2.05, 4.69) is 17.6 Å². The summed E-state index contributed by atoms with van der Waals surface area (Å²) < 4.78 is 37.1. The van der Waals surface area contributed by atoms with Gasteiger partial charge in [0.2, 0.25) is 0 Å². The first-order valence-corrected chi connectivity index (χ1v) is 5.49. The van der Waals surface area contributed by atoms with Crippen LogP contribution < -0.4 is 0 Å². The maximum atomic E-state index is 12.4. The van der Waals surface area contributed by atoms with Crippen LogP contribution >= 0.6 is 12.6 Å². The zero-order valence-corrected chi connectivity index (χ0v) is 9.62. The highest BCUT2D eigenvalue weighted by Gasteiger charge is 2.33. The quantitative estimate of drug-likeness (QED) is 0.729. The molecule has 7 heteroatoms. The number of thiol groups is 1. The lowest BCUT2D eigenvalue weighted by Crippen LogP contribution is -2.19. The van der Waals surface area contributed by atoms with Crippen molar-refractivity contribution < 1.29 is 23.4 Å². The zero-order valence-electron chi connectivity index (χ0n) is 8.72. The van der Waals surface area contributed by atoms with Crippen LogP contribution in [0.4, 0.5) is 13.2 Å². The standard InChI is InChI=1S/C10H12F3NO2S/c11-10(12,13)8-5-6(1-3-14-8)9(16)7(15)2-4-17/h1,3,5,7,9,15-17H,2,4H2. The highest BCUT2D eigenvalue weighted by atomic mass is 32.1. The van der Waals surface area contributed by atoms with Crippen molar-refractivity contribution >= 4 is 12.6 Å². The van der Waals surface area contributed by atoms with Crippen LogP contribution in [0, 0.1) is 0 Å². The van der Waals surface area contributed by atoms with Gasteiger partial charge in [0.05, 0.1) is 6.10 Å². The second-order valence-corrected chi connectivity index (χ2v) is 3.94. The van der Waals surface area contributed by atoms with Gasteiger partial charge in [-0.1, -0.05) is 0 Å². The minimum Gasteiger partial charge on any atom is -0.390 e. The number of pyridine rings is 1. The minimum absolute atomic E-state index is 0.0124. The Morgan fingerprint density at radius 2 is 2.00 bits per heavy atom. The third-order valence-electron chi connectivity index (χ3n) is 2.21. The Kier molecular flexibility index (Phi) is 4.79. The van der Waals surface area contributed by atoms with Crippen molar-refractivity contribution in [2.24, 2.45) is 0 Å². The van der Waals surface area contributed by atoms with Crippen LogP contribution in [-0.4, -0.2) is 27.1 Å². The summed E-state index contributed by atoms with van der Waals surface area (Å²) in [6, 6.07) is 1.97. The summed E-state index contributed by atoms with van der Waals surface area (Å²) >= 11 is 3.87. The van der Waals surface area contributed by atoms with E-state index in [1.807, 2.05) is 0 Å². The molecule has 96 valence electrons. The second-order valence-electron chi connectivity index (χ2n) is 3.50. The summed E-state index contributed by atoms with van der Waals surface area (Å²) in [5.74, 6) is 0.329. The first kappa shape index (κ1) is 14.3. The lowest BCUT2D eigenvalue weighted by Gasteiger charge is -2.18. The smallest absolute Gasteiger partial charge is 0.390 e. The molecule has 2 unspecified atom stereocenters. The molecular weight excluding hydrogens is 255 g/mol. The predicted octanol–water partition coefficient (Wildman–Crippen LogP) is 1.81. The Morgan fingerprint density at radius 1 is 1.35 bits per heavy atom. The van der Waals surface area contributed by atoms with Crippen molar-refractivity contribution in [2.75, 3.05) is 5.75 Å². The minimum atomic E-state index is -4.57. The molecule has 1 aromatic rings. The number of aromatic nitrogens is 1.